The quantitative estimate of drug-likeness (QED) is 0.248. The lowest BCUT2D eigenvalue weighted by molar-refractivity contribution is 0.0684. The van der Waals surface area contributed by atoms with Crippen LogP contribution >= 0.6 is 0 Å². The molecule has 1 atom stereocenters. The molecule has 1 heterocycles. The number of amides is 1. The number of benzene rings is 1. The highest BCUT2D eigenvalue weighted by molar-refractivity contribution is 6.78. The topological polar surface area (TPSA) is 74.0 Å². The lowest BCUT2D eigenvalue weighted by atomic mass is 10.1. The number of anilines is 1. The van der Waals surface area contributed by atoms with E-state index in [1.807, 2.05) is 4.90 Å². The Morgan fingerprint density at radius 3 is 2.08 bits per heavy atom. The van der Waals surface area contributed by atoms with Crippen molar-refractivity contribution < 1.29 is 18.4 Å². The van der Waals surface area contributed by atoms with Crippen LogP contribution in [0.3, 0.4) is 0 Å². The van der Waals surface area contributed by atoms with E-state index in [2.05, 4.69) is 75.4 Å². The zero-order valence-corrected chi connectivity index (χ0v) is 27.0. The Morgan fingerprint density at radius 2 is 1.61 bits per heavy atom. The van der Waals surface area contributed by atoms with E-state index in [9.17, 15) is 4.79 Å². The molecule has 0 saturated carbocycles. The molecule has 1 aliphatic rings. The zero-order chi connectivity index (χ0) is 27.6. The molecule has 1 amide bonds. The van der Waals surface area contributed by atoms with Crippen LogP contribution in [0.5, 0.6) is 11.5 Å². The van der Waals surface area contributed by atoms with Gasteiger partial charge in [0.15, 0.2) is 14.1 Å². The molecule has 8 heteroatoms. The monoisotopic (exact) mass is 536 g/mol. The van der Waals surface area contributed by atoms with Crippen LogP contribution in [-0.4, -0.2) is 53.7 Å². The average Bonchev–Trinajstić information content (AvgIpc) is 3.22. The number of carbonyl (C=O) groups is 1. The van der Waals surface area contributed by atoms with Gasteiger partial charge in [-0.2, -0.15) is 0 Å². The molecule has 1 fully saturated rings. The van der Waals surface area contributed by atoms with Crippen molar-refractivity contribution in [1.29, 1.82) is 0 Å². The average molecular weight is 537 g/mol. The molecule has 0 aliphatic carbocycles. The molecule has 2 rings (SSSR count). The maximum atomic E-state index is 13.7. The third-order valence-electron chi connectivity index (χ3n) is 8.64. The van der Waals surface area contributed by atoms with Crippen LogP contribution in [0.25, 0.3) is 0 Å². The number of rotatable bonds is 10. The van der Waals surface area contributed by atoms with Gasteiger partial charge in [-0.1, -0.05) is 62.3 Å². The second-order valence-electron chi connectivity index (χ2n) is 12.9. The lowest BCUT2D eigenvalue weighted by Crippen LogP contribution is -2.50. The molecular formula is C28H52N2O4Si2. The number of nitrogens with two attached hydrogens (primary N) is 1. The van der Waals surface area contributed by atoms with Gasteiger partial charge in [-0.15, -0.1) is 0 Å². The summed E-state index contributed by atoms with van der Waals surface area (Å²) in [5.74, 6) is 1.16. The van der Waals surface area contributed by atoms with Gasteiger partial charge in [0.2, 0.25) is 0 Å². The maximum absolute atomic E-state index is 13.7. The minimum Gasteiger partial charge on any atom is -0.540 e. The summed E-state index contributed by atoms with van der Waals surface area (Å²) in [5, 5.41) is 0.133. The molecule has 36 heavy (non-hydrogen) atoms. The molecule has 0 spiro atoms. The molecule has 1 aromatic carbocycles. The van der Waals surface area contributed by atoms with Gasteiger partial charge in [-0.25, -0.2) is 0 Å². The van der Waals surface area contributed by atoms with Crippen LogP contribution in [-0.2, 0) is 4.43 Å². The Bertz CT molecular complexity index is 888. The molecule has 1 aliphatic heterocycles. The summed E-state index contributed by atoms with van der Waals surface area (Å²) in [7, 11) is -2.48. The first kappa shape index (κ1) is 30.7. The molecule has 206 valence electrons. The number of hydrogen-bond donors (Lipinski definition) is 1. The first-order valence-corrected chi connectivity index (χ1v) is 18.7. The van der Waals surface area contributed by atoms with E-state index >= 15 is 0 Å². The Labute approximate surface area is 222 Å². The van der Waals surface area contributed by atoms with Gasteiger partial charge in [0.25, 0.3) is 14.2 Å². The molecule has 0 bridgehead atoms. The van der Waals surface area contributed by atoms with Crippen LogP contribution in [0.15, 0.2) is 12.1 Å². The fourth-order valence-corrected chi connectivity index (χ4v) is 11.8. The molecule has 0 aromatic heterocycles. The Morgan fingerprint density at radius 1 is 1.06 bits per heavy atom. The number of ether oxygens (including phenoxy) is 1. The number of likely N-dealkylation sites (tertiary alicyclic amines) is 1. The summed E-state index contributed by atoms with van der Waals surface area (Å²) < 4.78 is 19.1. The van der Waals surface area contributed by atoms with Crippen LogP contribution in [0.4, 0.5) is 5.69 Å². The second-order valence-corrected chi connectivity index (χ2v) is 23.1. The van der Waals surface area contributed by atoms with Crippen LogP contribution in [0, 0.1) is 0 Å². The highest BCUT2D eigenvalue weighted by Gasteiger charge is 2.47. The van der Waals surface area contributed by atoms with Gasteiger partial charge in [-0.3, -0.25) is 4.79 Å². The van der Waals surface area contributed by atoms with Gasteiger partial charge >= 0.3 is 0 Å². The minimum absolute atomic E-state index is 0.0567. The van der Waals surface area contributed by atoms with Gasteiger partial charge in [0.1, 0.15) is 5.75 Å². The van der Waals surface area contributed by atoms with Gasteiger partial charge in [0, 0.05) is 18.3 Å². The van der Waals surface area contributed by atoms with Crippen molar-refractivity contribution in [2.75, 3.05) is 26.0 Å². The van der Waals surface area contributed by atoms with Crippen molar-refractivity contribution in [3.05, 3.63) is 17.7 Å². The predicted molar refractivity (Wildman–Crippen MR) is 156 cm³/mol. The predicted octanol–water partition coefficient (Wildman–Crippen LogP) is 7.46. The summed E-state index contributed by atoms with van der Waals surface area (Å²) >= 11 is 0. The van der Waals surface area contributed by atoms with Crippen LogP contribution < -0.4 is 14.9 Å². The highest BCUT2D eigenvalue weighted by atomic mass is 28.4. The van der Waals surface area contributed by atoms with E-state index in [1.165, 1.54) is 0 Å². The third kappa shape index (κ3) is 6.13. The summed E-state index contributed by atoms with van der Waals surface area (Å²) in [4.78, 5) is 15.6. The molecule has 0 unspecified atom stereocenters. The van der Waals surface area contributed by atoms with Crippen molar-refractivity contribution in [3.63, 3.8) is 0 Å². The first-order chi connectivity index (χ1) is 16.5. The molecule has 2 N–H and O–H groups in total. The van der Waals surface area contributed by atoms with Gasteiger partial charge < -0.3 is 24.2 Å². The number of hydrogen-bond acceptors (Lipinski definition) is 5. The van der Waals surface area contributed by atoms with Crippen molar-refractivity contribution in [2.24, 2.45) is 0 Å². The maximum Gasteiger partial charge on any atom is 0.258 e. The SMILES string of the molecule is COc1cc(C(=O)N2CCC[C@H]2CO[Si](C)(C)C(C)(C)C)c(N)cc1O[Si](C(C)C)(C(C)C)C(C)C. The van der Waals surface area contributed by atoms with Gasteiger partial charge in [-0.05, 0) is 53.7 Å². The second kappa shape index (κ2) is 11.5. The fourth-order valence-electron chi connectivity index (χ4n) is 5.50. The minimum atomic E-state index is -2.21. The molecule has 6 nitrogen and oxygen atoms in total. The number of carbonyl (C=O) groups excluding carboxylic acids is 1. The van der Waals surface area contributed by atoms with E-state index in [0.717, 1.165) is 12.8 Å². The first-order valence-electron chi connectivity index (χ1n) is 13.6. The summed E-state index contributed by atoms with van der Waals surface area (Å²) in [6, 6.07) is 3.64. The van der Waals surface area contributed by atoms with Crippen LogP contribution in [0.1, 0.15) is 85.5 Å². The number of nitrogen functional groups attached to an aromatic ring is 1. The molecule has 1 saturated heterocycles. The summed E-state index contributed by atoms with van der Waals surface area (Å²) in [5.41, 5.74) is 8.67. The van der Waals surface area contributed by atoms with Crippen molar-refractivity contribution in [3.8, 4) is 11.5 Å². The Hall–Kier alpha value is -1.52. The lowest BCUT2D eigenvalue weighted by Gasteiger charge is -2.42. The Balaban J connectivity index is 2.35. The van der Waals surface area contributed by atoms with Crippen molar-refractivity contribution in [1.82, 2.24) is 4.90 Å². The number of nitrogens with zero attached hydrogens (tertiary/aromatic N) is 1. The molecular weight excluding hydrogens is 484 g/mol. The van der Waals surface area contributed by atoms with Crippen molar-refractivity contribution in [2.45, 2.75) is 116 Å². The summed E-state index contributed by atoms with van der Waals surface area (Å²) in [6.45, 7) is 26.0. The van der Waals surface area contributed by atoms with E-state index in [4.69, 9.17) is 19.3 Å². The summed E-state index contributed by atoms with van der Waals surface area (Å²) in [6.07, 6.45) is 1.92. The van der Waals surface area contributed by atoms with E-state index in [0.29, 0.717) is 52.5 Å². The Kier molecular flexibility index (Phi) is 9.79. The van der Waals surface area contributed by atoms with E-state index in [1.54, 1.807) is 19.2 Å². The van der Waals surface area contributed by atoms with Crippen LogP contribution in [0.2, 0.25) is 34.8 Å². The molecule has 1 aromatic rings. The highest BCUT2D eigenvalue weighted by Crippen LogP contribution is 2.46. The standard InChI is InChI=1S/C28H52N2O4Si2/c1-19(2)36(20(3)4,21(5)6)34-26-17-24(29)23(16-25(26)32-10)27(31)30-15-13-14-22(30)18-33-35(11,12)28(7,8)9/h16-17,19-22H,13-15,18,29H2,1-12H3/t22-/m0/s1. The smallest absolute Gasteiger partial charge is 0.258 e. The largest absolute Gasteiger partial charge is 0.540 e. The van der Waals surface area contributed by atoms with Crippen molar-refractivity contribution >= 4 is 28.2 Å². The fraction of sp³-hybridized carbons (Fsp3) is 0.750. The molecule has 0 radical (unpaired) electrons. The third-order valence-corrected chi connectivity index (χ3v) is 19.1. The van der Waals surface area contributed by atoms with E-state index < -0.39 is 16.6 Å². The van der Waals surface area contributed by atoms with E-state index in [-0.39, 0.29) is 17.0 Å². The normalized spacial score (nSPS) is 17.4. The van der Waals surface area contributed by atoms with Gasteiger partial charge in [0.05, 0.1) is 25.3 Å². The number of methoxy groups -OCH3 is 1. The zero-order valence-electron chi connectivity index (χ0n) is 25.0.